The molecule has 3 aromatic rings. The van der Waals surface area contributed by atoms with Gasteiger partial charge in [0.25, 0.3) is 5.91 Å². The maximum absolute atomic E-state index is 12.8. The molecule has 0 bridgehead atoms. The van der Waals surface area contributed by atoms with Crippen molar-refractivity contribution in [2.24, 2.45) is 0 Å². The first-order chi connectivity index (χ1) is 16.3. The normalized spacial score (nSPS) is 14.4. The number of hydrogen-bond donors (Lipinski definition) is 0. The highest BCUT2D eigenvalue weighted by Crippen LogP contribution is 2.29. The topological polar surface area (TPSA) is 84.6 Å². The van der Waals surface area contributed by atoms with Crippen molar-refractivity contribution in [3.8, 4) is 17.1 Å². The molecule has 3 heterocycles. The third kappa shape index (κ3) is 5.46. The molecule has 1 aromatic carbocycles. The van der Waals surface area contributed by atoms with E-state index in [2.05, 4.69) is 26.6 Å². The van der Waals surface area contributed by atoms with E-state index in [1.165, 1.54) is 6.20 Å². The highest BCUT2D eigenvalue weighted by Gasteiger charge is 2.38. The van der Waals surface area contributed by atoms with Gasteiger partial charge >= 0.3 is 12.1 Å². The third-order valence-corrected chi connectivity index (χ3v) is 5.43. The van der Waals surface area contributed by atoms with Gasteiger partial charge in [-0.2, -0.15) is 18.2 Å². The summed E-state index contributed by atoms with van der Waals surface area (Å²) in [5.74, 6) is -0.209. The average molecular weight is 475 g/mol. The van der Waals surface area contributed by atoms with Gasteiger partial charge in [0.1, 0.15) is 11.6 Å². The van der Waals surface area contributed by atoms with E-state index in [1.54, 1.807) is 29.2 Å². The summed E-state index contributed by atoms with van der Waals surface area (Å²) in [5.41, 5.74) is 0.927. The lowest BCUT2D eigenvalue weighted by atomic mass is 10.1. The number of unbranched alkanes of at least 4 members (excludes halogenated alkanes) is 1. The maximum Gasteiger partial charge on any atom is 0.471 e. The van der Waals surface area contributed by atoms with Gasteiger partial charge in [-0.05, 0) is 42.8 Å². The zero-order valence-corrected chi connectivity index (χ0v) is 18.6. The second-order valence-electron chi connectivity index (χ2n) is 7.83. The van der Waals surface area contributed by atoms with E-state index in [0.29, 0.717) is 49.7 Å². The van der Waals surface area contributed by atoms with Crippen LogP contribution < -0.4 is 9.64 Å². The van der Waals surface area contributed by atoms with Crippen LogP contribution in [0.4, 0.5) is 19.0 Å². The van der Waals surface area contributed by atoms with Crippen molar-refractivity contribution in [2.75, 3.05) is 37.7 Å². The molecule has 180 valence electrons. The summed E-state index contributed by atoms with van der Waals surface area (Å²) in [7, 11) is 0. The first kappa shape index (κ1) is 23.5. The van der Waals surface area contributed by atoms with Gasteiger partial charge in [0, 0.05) is 43.5 Å². The van der Waals surface area contributed by atoms with E-state index < -0.39 is 12.1 Å². The molecule has 1 fully saturated rings. The Kier molecular flexibility index (Phi) is 6.99. The number of pyridine rings is 1. The molecule has 0 atom stereocenters. The minimum absolute atomic E-state index is 0.0411. The average Bonchev–Trinajstić information content (AvgIpc) is 3.36. The number of piperazine rings is 1. The monoisotopic (exact) mass is 475 g/mol. The molecule has 0 spiro atoms. The number of carbonyl (C=O) groups excluding carboxylic acids is 1. The van der Waals surface area contributed by atoms with Gasteiger partial charge < -0.3 is 19.1 Å². The molecular formula is C23H24F3N5O3. The summed E-state index contributed by atoms with van der Waals surface area (Å²) in [4.78, 5) is 24.3. The summed E-state index contributed by atoms with van der Waals surface area (Å²) in [6, 6.07) is 10.5. The van der Waals surface area contributed by atoms with E-state index in [9.17, 15) is 18.0 Å². The number of nitrogens with zero attached hydrogens (tertiary/aromatic N) is 5. The van der Waals surface area contributed by atoms with Crippen LogP contribution in [-0.2, 0) is 6.18 Å². The number of carbonyl (C=O) groups is 1. The van der Waals surface area contributed by atoms with Crippen LogP contribution in [0.2, 0.25) is 0 Å². The molecule has 0 N–H and O–H groups in total. The minimum Gasteiger partial charge on any atom is -0.494 e. The lowest BCUT2D eigenvalue weighted by Gasteiger charge is -2.35. The van der Waals surface area contributed by atoms with Crippen molar-refractivity contribution in [3.05, 3.63) is 54.0 Å². The Bertz CT molecular complexity index is 1090. The molecule has 1 aliphatic rings. The molecule has 11 heteroatoms. The molecule has 1 amide bonds. The Labute approximate surface area is 194 Å². The fourth-order valence-electron chi connectivity index (χ4n) is 3.51. The smallest absolute Gasteiger partial charge is 0.471 e. The van der Waals surface area contributed by atoms with Crippen LogP contribution in [0.3, 0.4) is 0 Å². The van der Waals surface area contributed by atoms with Crippen molar-refractivity contribution < 1.29 is 27.2 Å². The number of amides is 1. The summed E-state index contributed by atoms with van der Waals surface area (Å²) >= 11 is 0. The molecule has 0 saturated carbocycles. The SMILES string of the molecule is CCCCOc1ccc(C(=O)N2CCN(c3ccc(-c4noc(C(F)(F)F)n4)cn3)CC2)cc1. The molecular weight excluding hydrogens is 451 g/mol. The molecule has 0 unspecified atom stereocenters. The van der Waals surface area contributed by atoms with Crippen LogP contribution in [-0.4, -0.2) is 58.7 Å². The van der Waals surface area contributed by atoms with E-state index in [-0.39, 0.29) is 11.7 Å². The molecule has 34 heavy (non-hydrogen) atoms. The molecule has 4 rings (SSSR count). The van der Waals surface area contributed by atoms with Crippen LogP contribution >= 0.6 is 0 Å². The number of hydrogen-bond acceptors (Lipinski definition) is 7. The Morgan fingerprint density at radius 3 is 2.41 bits per heavy atom. The van der Waals surface area contributed by atoms with Gasteiger partial charge in [-0.3, -0.25) is 4.79 Å². The van der Waals surface area contributed by atoms with Crippen LogP contribution in [0.25, 0.3) is 11.4 Å². The molecule has 0 radical (unpaired) electrons. The Hall–Kier alpha value is -3.63. The lowest BCUT2D eigenvalue weighted by Crippen LogP contribution is -2.49. The first-order valence-corrected chi connectivity index (χ1v) is 11.0. The third-order valence-electron chi connectivity index (χ3n) is 5.43. The Morgan fingerprint density at radius 2 is 1.82 bits per heavy atom. The molecule has 0 aliphatic carbocycles. The van der Waals surface area contributed by atoms with E-state index in [0.717, 1.165) is 18.6 Å². The number of aromatic nitrogens is 3. The number of alkyl halides is 3. The van der Waals surface area contributed by atoms with E-state index in [4.69, 9.17) is 4.74 Å². The number of rotatable bonds is 7. The zero-order valence-electron chi connectivity index (χ0n) is 18.6. The highest BCUT2D eigenvalue weighted by molar-refractivity contribution is 5.94. The van der Waals surface area contributed by atoms with Crippen molar-refractivity contribution >= 4 is 11.7 Å². The number of ether oxygens (including phenoxy) is 1. The predicted molar refractivity (Wildman–Crippen MR) is 117 cm³/mol. The van der Waals surface area contributed by atoms with Crippen molar-refractivity contribution in [2.45, 2.75) is 25.9 Å². The second kappa shape index (κ2) is 10.1. The van der Waals surface area contributed by atoms with Crippen molar-refractivity contribution in [1.29, 1.82) is 0 Å². The van der Waals surface area contributed by atoms with Crippen LogP contribution in [0.1, 0.15) is 36.0 Å². The maximum atomic E-state index is 12.8. The molecule has 1 aliphatic heterocycles. The number of halogens is 3. The quantitative estimate of drug-likeness (QED) is 0.471. The summed E-state index contributed by atoms with van der Waals surface area (Å²) < 4.78 is 47.8. The summed E-state index contributed by atoms with van der Waals surface area (Å²) in [6.07, 6.45) is -1.25. The standard InChI is InChI=1S/C23H24F3N5O3/c1-2-3-14-33-18-7-4-16(5-8-18)21(32)31-12-10-30(11-13-31)19-9-6-17(15-27-19)20-28-22(34-29-20)23(24,25)26/h4-9,15H,2-3,10-14H2,1H3. The van der Waals surface area contributed by atoms with Crippen molar-refractivity contribution in [1.82, 2.24) is 20.0 Å². The van der Waals surface area contributed by atoms with Crippen LogP contribution in [0, 0.1) is 0 Å². The summed E-state index contributed by atoms with van der Waals surface area (Å²) in [6.45, 7) is 4.97. The fourth-order valence-corrected chi connectivity index (χ4v) is 3.51. The summed E-state index contributed by atoms with van der Waals surface area (Å²) in [5, 5.41) is 3.37. The van der Waals surface area contributed by atoms with Crippen molar-refractivity contribution in [3.63, 3.8) is 0 Å². The molecule has 8 nitrogen and oxygen atoms in total. The molecule has 2 aromatic heterocycles. The largest absolute Gasteiger partial charge is 0.494 e. The Balaban J connectivity index is 1.32. The highest BCUT2D eigenvalue weighted by atomic mass is 19.4. The minimum atomic E-state index is -4.69. The van der Waals surface area contributed by atoms with E-state index in [1.807, 2.05) is 17.0 Å². The predicted octanol–water partition coefficient (Wildman–Crippen LogP) is 4.29. The fraction of sp³-hybridized carbons (Fsp3) is 0.391. The van der Waals surface area contributed by atoms with Gasteiger partial charge in [0.05, 0.1) is 6.61 Å². The van der Waals surface area contributed by atoms with Gasteiger partial charge in [-0.15, -0.1) is 0 Å². The van der Waals surface area contributed by atoms with Gasteiger partial charge in [-0.25, -0.2) is 4.98 Å². The van der Waals surface area contributed by atoms with Crippen LogP contribution in [0.15, 0.2) is 47.1 Å². The van der Waals surface area contributed by atoms with Gasteiger partial charge in [0.2, 0.25) is 5.82 Å². The van der Waals surface area contributed by atoms with Crippen LogP contribution in [0.5, 0.6) is 5.75 Å². The Morgan fingerprint density at radius 1 is 1.09 bits per heavy atom. The van der Waals surface area contributed by atoms with E-state index >= 15 is 0 Å². The molecule has 1 saturated heterocycles. The van der Waals surface area contributed by atoms with Gasteiger partial charge in [0.15, 0.2) is 0 Å². The number of anilines is 1. The van der Waals surface area contributed by atoms with Gasteiger partial charge in [-0.1, -0.05) is 18.5 Å². The first-order valence-electron chi connectivity index (χ1n) is 11.0. The zero-order chi connectivity index (χ0) is 24.1. The second-order valence-corrected chi connectivity index (χ2v) is 7.83. The number of benzene rings is 1. The lowest BCUT2D eigenvalue weighted by molar-refractivity contribution is -0.159.